The van der Waals surface area contributed by atoms with E-state index < -0.39 is 17.6 Å². The van der Waals surface area contributed by atoms with Crippen LogP contribution in [0.5, 0.6) is 0 Å². The van der Waals surface area contributed by atoms with Crippen LogP contribution >= 0.6 is 0 Å². The van der Waals surface area contributed by atoms with Gasteiger partial charge >= 0.3 is 5.97 Å². The lowest BCUT2D eigenvalue weighted by Gasteiger charge is -2.24. The van der Waals surface area contributed by atoms with E-state index >= 15 is 0 Å². The number of carbonyl (C=O) groups is 1. The van der Waals surface area contributed by atoms with E-state index in [1.54, 1.807) is 20.8 Å². The third kappa shape index (κ3) is 4.85. The van der Waals surface area contributed by atoms with Gasteiger partial charge in [0.25, 0.3) is 0 Å². The monoisotopic (exact) mass is 189 g/mol. The van der Waals surface area contributed by atoms with Crippen LogP contribution in [0.3, 0.4) is 0 Å². The molecule has 2 N–H and O–H groups in total. The van der Waals surface area contributed by atoms with Crippen molar-refractivity contribution in [1.29, 1.82) is 0 Å². The highest BCUT2D eigenvalue weighted by Gasteiger charge is 2.26. The molecule has 0 rings (SSSR count). The fourth-order valence-corrected chi connectivity index (χ4v) is 0.839. The van der Waals surface area contributed by atoms with Gasteiger partial charge in [-0.2, -0.15) is 5.48 Å². The van der Waals surface area contributed by atoms with Gasteiger partial charge in [0.2, 0.25) is 0 Å². The maximum absolute atomic E-state index is 11.4. The summed E-state index contributed by atoms with van der Waals surface area (Å²) < 4.78 is 5.09. The molecule has 0 aliphatic carbocycles. The first-order chi connectivity index (χ1) is 5.78. The Morgan fingerprint density at radius 1 is 1.38 bits per heavy atom. The minimum absolute atomic E-state index is 0.000139. The van der Waals surface area contributed by atoms with Crippen molar-refractivity contribution in [2.75, 3.05) is 0 Å². The topological polar surface area (TPSA) is 58.6 Å². The van der Waals surface area contributed by atoms with Gasteiger partial charge in [-0.05, 0) is 26.7 Å². The van der Waals surface area contributed by atoms with E-state index in [1.807, 2.05) is 19.3 Å². The summed E-state index contributed by atoms with van der Waals surface area (Å²) in [5.74, 6) is -0.426. The highest BCUT2D eigenvalue weighted by atomic mass is 16.6. The van der Waals surface area contributed by atoms with E-state index in [2.05, 4.69) is 0 Å². The Morgan fingerprint density at radius 2 is 1.85 bits per heavy atom. The third-order valence-corrected chi connectivity index (χ3v) is 1.47. The molecule has 0 aromatic rings. The fraction of sp³-hybridized carbons (Fsp3) is 0.889. The Bertz CT molecular complexity index is 172. The Morgan fingerprint density at radius 3 is 2.08 bits per heavy atom. The zero-order valence-electron chi connectivity index (χ0n) is 8.92. The minimum Gasteiger partial charge on any atom is -0.459 e. The van der Waals surface area contributed by atoms with Crippen molar-refractivity contribution in [3.63, 3.8) is 0 Å². The molecule has 4 heteroatoms. The van der Waals surface area contributed by atoms with E-state index in [0.29, 0.717) is 0 Å². The van der Waals surface area contributed by atoms with Crippen LogP contribution in [0.15, 0.2) is 0 Å². The van der Waals surface area contributed by atoms with Crippen molar-refractivity contribution in [2.24, 2.45) is 5.92 Å². The van der Waals surface area contributed by atoms with Crippen molar-refractivity contribution >= 4 is 5.97 Å². The van der Waals surface area contributed by atoms with Gasteiger partial charge in [-0.1, -0.05) is 13.8 Å². The second kappa shape index (κ2) is 4.58. The van der Waals surface area contributed by atoms with Crippen molar-refractivity contribution in [2.45, 2.75) is 46.3 Å². The molecule has 0 heterocycles. The molecule has 0 aromatic heterocycles. The molecule has 0 saturated carbocycles. The van der Waals surface area contributed by atoms with E-state index in [1.165, 1.54) is 0 Å². The molecule has 0 fully saturated rings. The van der Waals surface area contributed by atoms with Gasteiger partial charge in [-0.3, -0.25) is 4.79 Å². The molecule has 0 amide bonds. The van der Waals surface area contributed by atoms with E-state index in [0.717, 1.165) is 0 Å². The van der Waals surface area contributed by atoms with Crippen LogP contribution < -0.4 is 5.48 Å². The van der Waals surface area contributed by atoms with Crippen LogP contribution in [-0.4, -0.2) is 22.8 Å². The number of rotatable bonds is 3. The summed E-state index contributed by atoms with van der Waals surface area (Å²) in [6.07, 6.45) is 0. The second-order valence-corrected chi connectivity index (χ2v) is 4.38. The van der Waals surface area contributed by atoms with Crippen molar-refractivity contribution in [3.05, 3.63) is 0 Å². The van der Waals surface area contributed by atoms with Gasteiger partial charge in [-0.25, -0.2) is 0 Å². The molecule has 4 nitrogen and oxygen atoms in total. The first-order valence-electron chi connectivity index (χ1n) is 4.40. The largest absolute Gasteiger partial charge is 0.459 e. The van der Waals surface area contributed by atoms with E-state index in [9.17, 15) is 4.79 Å². The van der Waals surface area contributed by atoms with Crippen molar-refractivity contribution < 1.29 is 14.7 Å². The van der Waals surface area contributed by atoms with E-state index in [4.69, 9.17) is 9.94 Å². The Hall–Kier alpha value is -0.610. The SMILES string of the molecule is CC(C)C(NO)C(=O)OC(C)(C)C. The third-order valence-electron chi connectivity index (χ3n) is 1.47. The molecular formula is C9H19NO3. The number of hydrogen-bond donors (Lipinski definition) is 2. The second-order valence-electron chi connectivity index (χ2n) is 4.38. The summed E-state index contributed by atoms with van der Waals surface area (Å²) >= 11 is 0. The lowest BCUT2D eigenvalue weighted by molar-refractivity contribution is -0.162. The van der Waals surface area contributed by atoms with Crippen LogP contribution in [0, 0.1) is 5.92 Å². The summed E-state index contributed by atoms with van der Waals surface area (Å²) in [6, 6.07) is -0.653. The summed E-state index contributed by atoms with van der Waals surface area (Å²) in [7, 11) is 0. The van der Waals surface area contributed by atoms with Crippen LogP contribution in [0.25, 0.3) is 0 Å². The lowest BCUT2D eigenvalue weighted by atomic mass is 10.1. The number of hydrogen-bond acceptors (Lipinski definition) is 4. The highest BCUT2D eigenvalue weighted by molar-refractivity contribution is 5.76. The van der Waals surface area contributed by atoms with Gasteiger partial charge < -0.3 is 9.94 Å². The van der Waals surface area contributed by atoms with Gasteiger partial charge in [0.05, 0.1) is 0 Å². The Labute approximate surface area is 79.2 Å². The summed E-state index contributed by atoms with van der Waals surface area (Å²) in [5, 5.41) is 8.71. The number of nitrogens with one attached hydrogen (secondary N) is 1. The average Bonchev–Trinajstić information content (AvgIpc) is 1.82. The highest BCUT2D eigenvalue weighted by Crippen LogP contribution is 2.11. The quantitative estimate of drug-likeness (QED) is 0.519. The first kappa shape index (κ1) is 12.4. The predicted molar refractivity (Wildman–Crippen MR) is 49.4 cm³/mol. The van der Waals surface area contributed by atoms with Gasteiger partial charge in [0, 0.05) is 0 Å². The van der Waals surface area contributed by atoms with E-state index in [-0.39, 0.29) is 5.92 Å². The molecule has 0 bridgehead atoms. The summed E-state index contributed by atoms with van der Waals surface area (Å²) in [6.45, 7) is 9.04. The van der Waals surface area contributed by atoms with Crippen LogP contribution in [0.4, 0.5) is 0 Å². The Kier molecular flexibility index (Phi) is 4.36. The zero-order chi connectivity index (χ0) is 10.6. The Balaban J connectivity index is 4.23. The fourth-order valence-electron chi connectivity index (χ4n) is 0.839. The van der Waals surface area contributed by atoms with Gasteiger partial charge in [0.15, 0.2) is 0 Å². The maximum atomic E-state index is 11.4. The maximum Gasteiger partial charge on any atom is 0.326 e. The molecule has 1 unspecified atom stereocenters. The van der Waals surface area contributed by atoms with Crippen LogP contribution in [-0.2, 0) is 9.53 Å². The molecule has 0 aromatic carbocycles. The first-order valence-corrected chi connectivity index (χ1v) is 4.40. The molecule has 0 aliphatic rings. The standard InChI is InChI=1S/C9H19NO3/c1-6(2)7(10-12)8(11)13-9(3,4)5/h6-7,10,12H,1-5H3. The number of hydroxylamine groups is 1. The molecule has 13 heavy (non-hydrogen) atoms. The number of esters is 1. The molecule has 1 atom stereocenters. The molecule has 0 radical (unpaired) electrons. The predicted octanol–water partition coefficient (Wildman–Crippen LogP) is 1.33. The molecular weight excluding hydrogens is 170 g/mol. The summed E-state index contributed by atoms with van der Waals surface area (Å²) in [4.78, 5) is 11.4. The van der Waals surface area contributed by atoms with Crippen LogP contribution in [0.1, 0.15) is 34.6 Å². The number of carbonyl (C=O) groups excluding carboxylic acids is 1. The van der Waals surface area contributed by atoms with Gasteiger partial charge in [0.1, 0.15) is 11.6 Å². The lowest BCUT2D eigenvalue weighted by Crippen LogP contribution is -2.43. The van der Waals surface area contributed by atoms with Crippen molar-refractivity contribution in [3.8, 4) is 0 Å². The molecule has 0 spiro atoms. The molecule has 78 valence electrons. The van der Waals surface area contributed by atoms with Crippen molar-refractivity contribution in [1.82, 2.24) is 5.48 Å². The minimum atomic E-state index is -0.653. The smallest absolute Gasteiger partial charge is 0.326 e. The molecule has 0 saturated heterocycles. The normalized spacial score (nSPS) is 14.4. The van der Waals surface area contributed by atoms with Crippen LogP contribution in [0.2, 0.25) is 0 Å². The molecule has 0 aliphatic heterocycles. The zero-order valence-corrected chi connectivity index (χ0v) is 8.92. The number of ether oxygens (including phenoxy) is 1. The van der Waals surface area contributed by atoms with Gasteiger partial charge in [-0.15, -0.1) is 0 Å². The summed E-state index contributed by atoms with van der Waals surface area (Å²) in [5.41, 5.74) is 1.44. The average molecular weight is 189 g/mol.